The summed E-state index contributed by atoms with van der Waals surface area (Å²) in [4.78, 5) is 34.3. The monoisotopic (exact) mass is 509 g/mol. The van der Waals surface area contributed by atoms with Crippen LogP contribution in [-0.2, 0) is 11.2 Å². The molecule has 1 saturated heterocycles. The molecule has 10 heteroatoms. The van der Waals surface area contributed by atoms with Crippen LogP contribution in [-0.4, -0.2) is 52.4 Å². The topological polar surface area (TPSA) is 99.3 Å². The molecule has 0 radical (unpaired) electrons. The van der Waals surface area contributed by atoms with Crippen molar-refractivity contribution in [2.24, 2.45) is 0 Å². The van der Waals surface area contributed by atoms with Crippen LogP contribution in [0, 0.1) is 5.82 Å². The number of nitrogens with one attached hydrogen (secondary N) is 3. The van der Waals surface area contributed by atoms with E-state index in [0.29, 0.717) is 47.8 Å². The van der Waals surface area contributed by atoms with Crippen LogP contribution < -0.4 is 15.4 Å². The Bertz CT molecular complexity index is 1340. The minimum Gasteiger partial charge on any atom is -0.489 e. The Morgan fingerprint density at radius 3 is 3.08 bits per heavy atom. The second-order valence-corrected chi connectivity index (χ2v) is 9.08. The van der Waals surface area contributed by atoms with E-state index in [1.165, 1.54) is 12.1 Å². The summed E-state index contributed by atoms with van der Waals surface area (Å²) in [5, 5.41) is 5.90. The molecule has 36 heavy (non-hydrogen) atoms. The summed E-state index contributed by atoms with van der Waals surface area (Å²) in [6, 6.07) is 6.34. The molecule has 2 aliphatic heterocycles. The number of nitrogens with zero attached hydrogens (tertiary/aromatic N) is 2. The van der Waals surface area contributed by atoms with Gasteiger partial charge in [0.2, 0.25) is 5.91 Å². The second kappa shape index (κ2) is 10.0. The number of H-pyrrole nitrogens is 1. The minimum absolute atomic E-state index is 0.0291. The summed E-state index contributed by atoms with van der Waals surface area (Å²) in [5.41, 5.74) is 2.93. The predicted molar refractivity (Wildman–Crippen MR) is 135 cm³/mol. The van der Waals surface area contributed by atoms with Gasteiger partial charge in [-0.2, -0.15) is 0 Å². The largest absolute Gasteiger partial charge is 0.489 e. The van der Waals surface area contributed by atoms with Crippen LogP contribution >= 0.6 is 11.6 Å². The zero-order valence-corrected chi connectivity index (χ0v) is 20.2. The third-order valence-corrected chi connectivity index (χ3v) is 6.79. The van der Waals surface area contributed by atoms with E-state index in [0.717, 1.165) is 18.5 Å². The summed E-state index contributed by atoms with van der Waals surface area (Å²) in [7, 11) is 0. The van der Waals surface area contributed by atoms with Crippen LogP contribution in [0.5, 0.6) is 5.75 Å². The Balaban J connectivity index is 1.52. The van der Waals surface area contributed by atoms with Crippen LogP contribution in [0.2, 0.25) is 5.02 Å². The molecule has 2 aromatic heterocycles. The molecule has 0 unspecified atom stereocenters. The molecular formula is C26H25ClFN5O3. The van der Waals surface area contributed by atoms with Crippen LogP contribution in [0.4, 0.5) is 15.8 Å². The first-order valence-corrected chi connectivity index (χ1v) is 12.1. The highest BCUT2D eigenvalue weighted by atomic mass is 35.5. The van der Waals surface area contributed by atoms with E-state index in [1.54, 1.807) is 35.5 Å². The summed E-state index contributed by atoms with van der Waals surface area (Å²) < 4.78 is 21.0. The summed E-state index contributed by atoms with van der Waals surface area (Å²) in [6.07, 6.45) is 6.84. The zero-order valence-electron chi connectivity index (χ0n) is 19.4. The molecule has 2 aliphatic rings. The summed E-state index contributed by atoms with van der Waals surface area (Å²) >= 11 is 5.99. The molecule has 0 bridgehead atoms. The van der Waals surface area contributed by atoms with Crippen LogP contribution in [0.15, 0.2) is 49.3 Å². The van der Waals surface area contributed by atoms with E-state index >= 15 is 0 Å². The van der Waals surface area contributed by atoms with Gasteiger partial charge >= 0.3 is 0 Å². The summed E-state index contributed by atoms with van der Waals surface area (Å²) in [6.45, 7) is 5.02. The average molecular weight is 510 g/mol. The standard InChI is InChI=1S/C26H25ClFN5O3/c1-2-21(34)33-12-4-5-15(33)14-36-20-13-29-10-8-16(20)24-25(22-18(31-24)9-11-30-26(22)35)32-19-7-3-6-17(27)23(19)28/h2-3,6-8,10,13,15,31-32H,1,4-5,9,11-12,14H2,(H,30,35)/t15-/m0/s1. The van der Waals surface area contributed by atoms with E-state index in [-0.39, 0.29) is 35.2 Å². The Morgan fingerprint density at radius 1 is 1.39 bits per heavy atom. The van der Waals surface area contributed by atoms with Crippen molar-refractivity contribution in [1.29, 1.82) is 0 Å². The normalized spacial score (nSPS) is 16.9. The van der Waals surface area contributed by atoms with E-state index in [1.807, 2.05) is 0 Å². The van der Waals surface area contributed by atoms with Crippen molar-refractivity contribution in [1.82, 2.24) is 20.2 Å². The van der Waals surface area contributed by atoms with Crippen molar-refractivity contribution in [3.05, 3.63) is 71.4 Å². The molecule has 8 nitrogen and oxygen atoms in total. The van der Waals surface area contributed by atoms with Crippen molar-refractivity contribution in [3.63, 3.8) is 0 Å². The lowest BCUT2D eigenvalue weighted by atomic mass is 10.0. The number of halogens is 2. The maximum Gasteiger partial charge on any atom is 0.255 e. The molecule has 1 aromatic carbocycles. The maximum absolute atomic E-state index is 14.8. The number of hydrogen-bond acceptors (Lipinski definition) is 5. The SMILES string of the molecule is C=CC(=O)N1CCC[C@H]1COc1cnccc1-c1[nH]c2c(c1Nc1cccc(Cl)c1F)C(=O)NCC2. The number of fused-ring (bicyclic) bond motifs is 1. The highest BCUT2D eigenvalue weighted by molar-refractivity contribution is 6.31. The lowest BCUT2D eigenvalue weighted by Gasteiger charge is -2.24. The number of carbonyl (C=O) groups is 2. The van der Waals surface area contributed by atoms with Gasteiger partial charge < -0.3 is 25.3 Å². The van der Waals surface area contributed by atoms with Gasteiger partial charge in [0.05, 0.1) is 39.9 Å². The number of carbonyl (C=O) groups excluding carboxylic acids is 2. The first kappa shape index (κ1) is 23.9. The van der Waals surface area contributed by atoms with Crippen molar-refractivity contribution >= 4 is 34.8 Å². The van der Waals surface area contributed by atoms with Crippen molar-refractivity contribution < 1.29 is 18.7 Å². The number of anilines is 2. The fourth-order valence-electron chi connectivity index (χ4n) is 4.75. The molecule has 186 valence electrons. The molecule has 0 spiro atoms. The van der Waals surface area contributed by atoms with Gasteiger partial charge in [-0.3, -0.25) is 14.6 Å². The molecule has 3 N–H and O–H groups in total. The van der Waals surface area contributed by atoms with Gasteiger partial charge in [-0.05, 0) is 37.1 Å². The maximum atomic E-state index is 14.8. The lowest BCUT2D eigenvalue weighted by Crippen LogP contribution is -2.38. The van der Waals surface area contributed by atoms with Gasteiger partial charge in [0.25, 0.3) is 5.91 Å². The molecule has 3 aromatic rings. The van der Waals surface area contributed by atoms with Crippen molar-refractivity contribution in [2.75, 3.05) is 25.0 Å². The van der Waals surface area contributed by atoms with Gasteiger partial charge in [-0.15, -0.1) is 0 Å². The first-order valence-electron chi connectivity index (χ1n) is 11.7. The van der Waals surface area contributed by atoms with Gasteiger partial charge in [0.15, 0.2) is 5.82 Å². The second-order valence-electron chi connectivity index (χ2n) is 8.68. The Labute approximate surface area is 212 Å². The molecule has 2 amide bonds. The number of amides is 2. The van der Waals surface area contributed by atoms with E-state index in [9.17, 15) is 14.0 Å². The summed E-state index contributed by atoms with van der Waals surface area (Å²) in [5.74, 6) is -0.518. The Kier molecular flexibility index (Phi) is 6.65. The van der Waals surface area contributed by atoms with Crippen LogP contribution in [0.1, 0.15) is 28.9 Å². The predicted octanol–water partition coefficient (Wildman–Crippen LogP) is 4.45. The van der Waals surface area contributed by atoms with Crippen molar-refractivity contribution in [2.45, 2.75) is 25.3 Å². The molecule has 4 heterocycles. The number of aromatic amines is 1. The quantitative estimate of drug-likeness (QED) is 0.408. The number of likely N-dealkylation sites (tertiary alicyclic amines) is 1. The van der Waals surface area contributed by atoms with Gasteiger partial charge in [-0.25, -0.2) is 4.39 Å². The fourth-order valence-corrected chi connectivity index (χ4v) is 4.92. The number of benzene rings is 1. The van der Waals surface area contributed by atoms with Crippen LogP contribution in [0.25, 0.3) is 11.3 Å². The molecule has 5 rings (SSSR count). The van der Waals surface area contributed by atoms with E-state index < -0.39 is 5.82 Å². The number of aromatic nitrogens is 2. The van der Waals surface area contributed by atoms with Crippen LogP contribution in [0.3, 0.4) is 0 Å². The van der Waals surface area contributed by atoms with E-state index in [2.05, 4.69) is 27.2 Å². The number of hydrogen-bond donors (Lipinski definition) is 3. The highest BCUT2D eigenvalue weighted by Gasteiger charge is 2.30. The number of pyridine rings is 1. The lowest BCUT2D eigenvalue weighted by molar-refractivity contribution is -0.127. The highest BCUT2D eigenvalue weighted by Crippen LogP contribution is 2.41. The van der Waals surface area contributed by atoms with Crippen molar-refractivity contribution in [3.8, 4) is 17.0 Å². The van der Waals surface area contributed by atoms with Gasteiger partial charge in [0.1, 0.15) is 12.4 Å². The Morgan fingerprint density at radius 2 is 2.25 bits per heavy atom. The molecule has 0 saturated carbocycles. The fraction of sp³-hybridized carbons (Fsp3) is 0.269. The third kappa shape index (κ3) is 4.42. The van der Waals surface area contributed by atoms with E-state index in [4.69, 9.17) is 16.3 Å². The molecule has 1 fully saturated rings. The Hall–Kier alpha value is -3.85. The number of ether oxygens (including phenoxy) is 1. The molecular weight excluding hydrogens is 485 g/mol. The minimum atomic E-state index is -0.615. The average Bonchev–Trinajstić information content (AvgIpc) is 3.51. The molecule has 1 atom stereocenters. The zero-order chi connectivity index (χ0) is 25.2. The molecule has 0 aliphatic carbocycles. The first-order chi connectivity index (χ1) is 17.5. The third-order valence-electron chi connectivity index (χ3n) is 6.50. The number of rotatable bonds is 7. The van der Waals surface area contributed by atoms with Gasteiger partial charge in [-0.1, -0.05) is 24.2 Å². The van der Waals surface area contributed by atoms with Gasteiger partial charge in [0, 0.05) is 37.0 Å². The smallest absolute Gasteiger partial charge is 0.255 e.